The van der Waals surface area contributed by atoms with Gasteiger partial charge in [-0.3, -0.25) is 15.1 Å². The molecule has 0 aliphatic carbocycles. The highest BCUT2D eigenvalue weighted by molar-refractivity contribution is 5.57. The summed E-state index contributed by atoms with van der Waals surface area (Å²) in [5.41, 5.74) is 8.65. The number of pyridine rings is 1. The summed E-state index contributed by atoms with van der Waals surface area (Å²) in [6, 6.07) is 8.15. The number of nitro benzene ring substituents is 1. The van der Waals surface area contributed by atoms with Crippen LogP contribution in [0.25, 0.3) is 0 Å². The lowest BCUT2D eigenvalue weighted by Gasteiger charge is -2.03. The molecule has 0 radical (unpaired) electrons. The number of azo groups is 1. The normalized spacial score (nSPS) is 11.1. The van der Waals surface area contributed by atoms with Crippen LogP contribution in [-0.4, -0.2) is 19.7 Å². The van der Waals surface area contributed by atoms with Crippen molar-refractivity contribution in [2.24, 2.45) is 10.2 Å². The van der Waals surface area contributed by atoms with Gasteiger partial charge in [0, 0.05) is 24.5 Å². The number of rotatable bonds is 5. The molecular weight excluding hydrogens is 322 g/mol. The first kappa shape index (κ1) is 16.2. The summed E-state index contributed by atoms with van der Waals surface area (Å²) in [6.45, 7) is 2.21. The average molecular weight is 337 g/mol. The van der Waals surface area contributed by atoms with Crippen molar-refractivity contribution in [3.63, 3.8) is 0 Å². The van der Waals surface area contributed by atoms with Gasteiger partial charge in [-0.05, 0) is 30.2 Å². The van der Waals surface area contributed by atoms with E-state index in [9.17, 15) is 10.1 Å². The van der Waals surface area contributed by atoms with Crippen LogP contribution in [0.15, 0.2) is 59.2 Å². The van der Waals surface area contributed by atoms with Gasteiger partial charge in [0.05, 0.1) is 23.4 Å². The van der Waals surface area contributed by atoms with Crippen LogP contribution in [0.3, 0.4) is 0 Å². The van der Waals surface area contributed by atoms with Crippen molar-refractivity contribution in [1.82, 2.24) is 14.8 Å². The molecule has 2 aromatic heterocycles. The van der Waals surface area contributed by atoms with E-state index in [0.29, 0.717) is 29.3 Å². The summed E-state index contributed by atoms with van der Waals surface area (Å²) >= 11 is 0. The molecular formula is C16H15N7O2. The van der Waals surface area contributed by atoms with Crippen LogP contribution < -0.4 is 5.73 Å². The number of nitro groups is 1. The number of hydrogen-bond acceptors (Lipinski definition) is 7. The fourth-order valence-corrected chi connectivity index (χ4v) is 2.23. The number of nitrogens with zero attached hydrogens (tertiary/aromatic N) is 6. The zero-order chi connectivity index (χ0) is 17.8. The molecule has 3 aromatic rings. The van der Waals surface area contributed by atoms with Crippen molar-refractivity contribution in [2.75, 3.05) is 5.73 Å². The summed E-state index contributed by atoms with van der Waals surface area (Å²) in [6.07, 6.45) is 4.96. The highest BCUT2D eigenvalue weighted by atomic mass is 16.6. The van der Waals surface area contributed by atoms with Gasteiger partial charge in [0.25, 0.3) is 5.69 Å². The summed E-state index contributed by atoms with van der Waals surface area (Å²) in [4.78, 5) is 14.4. The maximum absolute atomic E-state index is 10.8. The van der Waals surface area contributed by atoms with E-state index >= 15 is 0 Å². The third kappa shape index (κ3) is 3.66. The fourth-order valence-electron chi connectivity index (χ4n) is 2.23. The number of nitrogen functional groups attached to an aromatic ring is 1. The molecule has 0 fully saturated rings. The van der Waals surface area contributed by atoms with Crippen molar-refractivity contribution in [3.05, 3.63) is 70.2 Å². The van der Waals surface area contributed by atoms with Gasteiger partial charge in [0.1, 0.15) is 11.5 Å². The summed E-state index contributed by atoms with van der Waals surface area (Å²) < 4.78 is 1.61. The second-order valence-corrected chi connectivity index (χ2v) is 5.36. The second kappa shape index (κ2) is 6.87. The minimum Gasteiger partial charge on any atom is -0.382 e. The van der Waals surface area contributed by atoms with Crippen LogP contribution in [0.5, 0.6) is 0 Å². The zero-order valence-electron chi connectivity index (χ0n) is 13.4. The van der Waals surface area contributed by atoms with Gasteiger partial charge in [0.15, 0.2) is 0 Å². The quantitative estimate of drug-likeness (QED) is 0.433. The molecule has 0 aliphatic heterocycles. The minimum absolute atomic E-state index is 0.0141. The molecule has 9 heteroatoms. The Bertz CT molecular complexity index is 935. The lowest BCUT2D eigenvalue weighted by Crippen LogP contribution is -2.05. The number of hydrogen-bond donors (Lipinski definition) is 1. The van der Waals surface area contributed by atoms with Crippen LogP contribution in [0.2, 0.25) is 0 Å². The first-order valence-electron chi connectivity index (χ1n) is 7.41. The molecule has 0 unspecified atom stereocenters. The van der Waals surface area contributed by atoms with E-state index in [1.807, 2.05) is 12.1 Å². The van der Waals surface area contributed by atoms with Gasteiger partial charge >= 0.3 is 0 Å². The summed E-state index contributed by atoms with van der Waals surface area (Å²) in [5, 5.41) is 23.2. The Morgan fingerprint density at radius 1 is 1.24 bits per heavy atom. The van der Waals surface area contributed by atoms with Crippen molar-refractivity contribution < 1.29 is 4.92 Å². The van der Waals surface area contributed by atoms with E-state index in [0.717, 1.165) is 5.56 Å². The maximum atomic E-state index is 10.8. The third-order valence-corrected chi connectivity index (χ3v) is 3.57. The van der Waals surface area contributed by atoms with Gasteiger partial charge in [0.2, 0.25) is 0 Å². The molecule has 0 spiro atoms. The van der Waals surface area contributed by atoms with Gasteiger partial charge in [-0.15, -0.1) is 5.11 Å². The van der Waals surface area contributed by atoms with Crippen LogP contribution in [0.1, 0.15) is 11.1 Å². The van der Waals surface area contributed by atoms with E-state index in [2.05, 4.69) is 20.3 Å². The molecule has 2 N–H and O–H groups in total. The number of non-ortho nitro benzene ring substituents is 1. The van der Waals surface area contributed by atoms with Gasteiger partial charge in [-0.25, -0.2) is 4.68 Å². The summed E-state index contributed by atoms with van der Waals surface area (Å²) in [5.74, 6) is 0.382. The molecule has 1 aromatic carbocycles. The molecule has 0 saturated carbocycles. The molecule has 126 valence electrons. The Kier molecular flexibility index (Phi) is 4.46. The van der Waals surface area contributed by atoms with Crippen LogP contribution in [-0.2, 0) is 6.54 Å². The predicted octanol–water partition coefficient (Wildman–Crippen LogP) is 3.54. The standard InChI is InChI=1S/C16H15N7O2/c1-11-7-13(23(24)25)4-5-14(11)20-21-15-9-19-22(16(15)17)10-12-3-2-6-18-8-12/h2-9H,10,17H2,1H3. The highest BCUT2D eigenvalue weighted by Crippen LogP contribution is 2.28. The Hall–Kier alpha value is -3.62. The van der Waals surface area contributed by atoms with Crippen molar-refractivity contribution in [1.29, 1.82) is 0 Å². The second-order valence-electron chi connectivity index (χ2n) is 5.36. The minimum atomic E-state index is -0.450. The fraction of sp³-hybridized carbons (Fsp3) is 0.125. The van der Waals surface area contributed by atoms with E-state index in [-0.39, 0.29) is 5.69 Å². The van der Waals surface area contributed by atoms with E-state index in [4.69, 9.17) is 5.73 Å². The van der Waals surface area contributed by atoms with Crippen LogP contribution in [0.4, 0.5) is 22.9 Å². The number of aromatic nitrogens is 3. The Labute approximate surface area is 143 Å². The first-order chi connectivity index (χ1) is 12.0. The molecule has 2 heterocycles. The lowest BCUT2D eigenvalue weighted by atomic mass is 10.2. The molecule has 0 aliphatic rings. The number of nitrogens with two attached hydrogens (primary N) is 1. The molecule has 3 rings (SSSR count). The SMILES string of the molecule is Cc1cc([N+](=O)[O-])ccc1N=Nc1cnn(Cc2cccnc2)c1N. The molecule has 0 bridgehead atoms. The van der Waals surface area contributed by atoms with Crippen molar-refractivity contribution in [3.8, 4) is 0 Å². The Morgan fingerprint density at radius 2 is 2.04 bits per heavy atom. The van der Waals surface area contributed by atoms with Crippen LogP contribution >= 0.6 is 0 Å². The molecule has 0 atom stereocenters. The van der Waals surface area contributed by atoms with Crippen molar-refractivity contribution in [2.45, 2.75) is 13.5 Å². The highest BCUT2D eigenvalue weighted by Gasteiger charge is 2.10. The van der Waals surface area contributed by atoms with E-state index in [1.54, 1.807) is 30.1 Å². The van der Waals surface area contributed by atoms with Gasteiger partial charge < -0.3 is 5.73 Å². The number of benzene rings is 1. The van der Waals surface area contributed by atoms with Gasteiger partial charge in [-0.1, -0.05) is 6.07 Å². The largest absolute Gasteiger partial charge is 0.382 e. The van der Waals surface area contributed by atoms with Crippen LogP contribution in [0, 0.1) is 17.0 Å². The predicted molar refractivity (Wildman–Crippen MR) is 92.0 cm³/mol. The van der Waals surface area contributed by atoms with Gasteiger partial charge in [-0.2, -0.15) is 10.2 Å². The van der Waals surface area contributed by atoms with Crippen molar-refractivity contribution >= 4 is 22.9 Å². The Balaban J connectivity index is 1.79. The summed E-state index contributed by atoms with van der Waals surface area (Å²) in [7, 11) is 0. The maximum Gasteiger partial charge on any atom is 0.269 e. The monoisotopic (exact) mass is 337 g/mol. The van der Waals surface area contributed by atoms with E-state index in [1.165, 1.54) is 18.3 Å². The molecule has 25 heavy (non-hydrogen) atoms. The molecule has 9 nitrogen and oxygen atoms in total. The first-order valence-corrected chi connectivity index (χ1v) is 7.41. The smallest absolute Gasteiger partial charge is 0.269 e. The third-order valence-electron chi connectivity index (χ3n) is 3.57. The lowest BCUT2D eigenvalue weighted by molar-refractivity contribution is -0.384. The topological polar surface area (TPSA) is 125 Å². The van der Waals surface area contributed by atoms with E-state index < -0.39 is 4.92 Å². The number of anilines is 1. The zero-order valence-corrected chi connectivity index (χ0v) is 13.4. The average Bonchev–Trinajstić information content (AvgIpc) is 2.95. The number of aryl methyl sites for hydroxylation is 1. The molecule has 0 saturated heterocycles. The Morgan fingerprint density at radius 3 is 2.72 bits per heavy atom. The molecule has 0 amide bonds.